The van der Waals surface area contributed by atoms with Crippen LogP contribution in [0.1, 0.15) is 26.2 Å². The van der Waals surface area contributed by atoms with Crippen molar-refractivity contribution in [2.24, 2.45) is 0 Å². The Hall–Kier alpha value is 0.704. The molecule has 0 aromatic rings. The largest absolute Gasteiger partial charge is 0.360 e. The topological polar surface area (TPSA) is 18.5 Å². The van der Waals surface area contributed by atoms with Gasteiger partial charge < -0.3 is 9.47 Å². The van der Waals surface area contributed by atoms with Crippen LogP contribution < -0.4 is 0 Å². The van der Waals surface area contributed by atoms with Crippen molar-refractivity contribution < 1.29 is 9.47 Å². The molecule has 17 heavy (non-hydrogen) atoms. The third-order valence-corrected chi connectivity index (χ3v) is 10.5. The number of rotatable bonds is 11. The van der Waals surface area contributed by atoms with Crippen molar-refractivity contribution in [3.05, 3.63) is 0 Å². The van der Waals surface area contributed by atoms with Crippen LogP contribution in [0.3, 0.4) is 0 Å². The minimum absolute atomic E-state index is 0.128. The number of unbranched alkanes of at least 4 members (excludes halogenated alkanes) is 1. The van der Waals surface area contributed by atoms with E-state index in [4.69, 9.17) is 9.47 Å². The van der Waals surface area contributed by atoms with Crippen molar-refractivity contribution in [1.29, 1.82) is 0 Å². The molecule has 0 saturated carbocycles. The van der Waals surface area contributed by atoms with Crippen LogP contribution in [0.15, 0.2) is 0 Å². The third kappa shape index (κ3) is 9.30. The van der Waals surface area contributed by atoms with E-state index >= 15 is 0 Å². The normalized spacial score (nSPS) is 13.6. The van der Waals surface area contributed by atoms with E-state index in [0.717, 1.165) is 0 Å². The highest BCUT2D eigenvalue weighted by molar-refractivity contribution is 8.25. The second-order valence-electron chi connectivity index (χ2n) is 4.80. The molecule has 5 heteroatoms. The standard InChI is InChI=1S/C12H30O2SSi2/c1-6-7-10-17(12(13-2)14-3)11-8-9-15-16(4)5/h12,16-17H,6-11H2,1-5H3. The van der Waals surface area contributed by atoms with Crippen LogP contribution in [0, 0.1) is 0 Å². The number of methoxy groups -OCH3 is 2. The second kappa shape index (κ2) is 11.8. The van der Waals surface area contributed by atoms with Crippen molar-refractivity contribution in [2.75, 3.05) is 20.0 Å². The Kier molecular flexibility index (Phi) is 12.3. The Morgan fingerprint density at radius 2 is 1.65 bits per heavy atom. The lowest BCUT2D eigenvalue weighted by molar-refractivity contribution is -0.0475. The second-order valence-corrected chi connectivity index (χ2v) is 14.7. The average Bonchev–Trinajstić information content (AvgIpc) is 2.31. The molecule has 0 N–H and O–H groups in total. The van der Waals surface area contributed by atoms with Crippen molar-refractivity contribution in [2.45, 2.75) is 57.3 Å². The Morgan fingerprint density at radius 1 is 1.06 bits per heavy atom. The Morgan fingerprint density at radius 3 is 2.12 bits per heavy atom. The zero-order chi connectivity index (χ0) is 13.1. The first-order chi connectivity index (χ1) is 8.15. The maximum Gasteiger partial charge on any atom is 0.137 e. The molecule has 1 atom stereocenters. The molecule has 0 amide bonds. The molecule has 2 nitrogen and oxygen atoms in total. The van der Waals surface area contributed by atoms with Gasteiger partial charge in [0.25, 0.3) is 0 Å². The summed E-state index contributed by atoms with van der Waals surface area (Å²) < 4.78 is 11.0. The van der Waals surface area contributed by atoms with Gasteiger partial charge in [-0.3, -0.25) is 0 Å². The monoisotopic (exact) mass is 294 g/mol. The highest BCUT2D eigenvalue weighted by Gasteiger charge is 2.21. The number of hydrogen-bond donors (Lipinski definition) is 0. The lowest BCUT2D eigenvalue weighted by Gasteiger charge is -2.23. The molecular weight excluding hydrogens is 264 g/mol. The average molecular weight is 295 g/mol. The van der Waals surface area contributed by atoms with Crippen LogP contribution >= 0.6 is 11.2 Å². The van der Waals surface area contributed by atoms with E-state index in [1.54, 1.807) is 14.2 Å². The summed E-state index contributed by atoms with van der Waals surface area (Å²) in [4.78, 5) is 0. The van der Waals surface area contributed by atoms with E-state index in [0.29, 0.717) is 0 Å². The summed E-state index contributed by atoms with van der Waals surface area (Å²) in [5, 5.41) is 0. The van der Waals surface area contributed by atoms with Crippen LogP contribution in [-0.2, 0) is 9.47 Å². The van der Waals surface area contributed by atoms with E-state index in [2.05, 4.69) is 31.2 Å². The molecule has 1 unspecified atom stereocenters. The lowest BCUT2D eigenvalue weighted by Crippen LogP contribution is -2.34. The summed E-state index contributed by atoms with van der Waals surface area (Å²) in [6, 6.07) is 2.74. The van der Waals surface area contributed by atoms with Gasteiger partial charge in [-0.05, 0) is 12.2 Å². The highest BCUT2D eigenvalue weighted by Crippen LogP contribution is 2.17. The summed E-state index contributed by atoms with van der Waals surface area (Å²) in [6.45, 7) is 7.08. The molecule has 104 valence electrons. The lowest BCUT2D eigenvalue weighted by atomic mass is 10.4. The zero-order valence-electron chi connectivity index (χ0n) is 12.2. The quantitative estimate of drug-likeness (QED) is 0.331. The van der Waals surface area contributed by atoms with Crippen LogP contribution in [-0.4, -0.2) is 42.6 Å². The van der Waals surface area contributed by atoms with Crippen LogP contribution in [0.25, 0.3) is 0 Å². The van der Waals surface area contributed by atoms with Gasteiger partial charge in [-0.1, -0.05) is 44.9 Å². The molecule has 0 saturated heterocycles. The fraction of sp³-hybridized carbons (Fsp3) is 1.00. The van der Waals surface area contributed by atoms with Crippen molar-refractivity contribution in [3.63, 3.8) is 0 Å². The molecule has 0 aliphatic carbocycles. The van der Waals surface area contributed by atoms with Gasteiger partial charge in [-0.25, -0.2) is 0 Å². The Balaban J connectivity index is 3.91. The van der Waals surface area contributed by atoms with Gasteiger partial charge in [0.15, 0.2) is 0 Å². The predicted molar refractivity (Wildman–Crippen MR) is 85.4 cm³/mol. The number of hydrogen-bond acceptors (Lipinski definition) is 3. The fourth-order valence-corrected chi connectivity index (χ4v) is 8.31. The summed E-state index contributed by atoms with van der Waals surface area (Å²) in [5.41, 5.74) is 0. The van der Waals surface area contributed by atoms with Gasteiger partial charge >= 0.3 is 0 Å². The van der Waals surface area contributed by atoms with Gasteiger partial charge in [0.1, 0.15) is 14.7 Å². The van der Waals surface area contributed by atoms with Crippen molar-refractivity contribution in [3.8, 4) is 0 Å². The smallest absolute Gasteiger partial charge is 0.137 e. The summed E-state index contributed by atoms with van der Waals surface area (Å²) in [5.74, 6) is 1.47. The summed E-state index contributed by atoms with van der Waals surface area (Å²) in [7, 11) is 2.28. The highest BCUT2D eigenvalue weighted by atomic mass is 32.4. The molecule has 0 aromatic heterocycles. The minimum atomic E-state index is -0.872. The number of ether oxygens (including phenoxy) is 2. The predicted octanol–water partition coefficient (Wildman–Crippen LogP) is 3.28. The molecule has 0 aromatic carbocycles. The molecule has 0 rings (SSSR count). The maximum atomic E-state index is 5.48. The minimum Gasteiger partial charge on any atom is -0.360 e. The first-order valence-electron chi connectivity index (χ1n) is 6.82. The summed E-state index contributed by atoms with van der Waals surface area (Å²) in [6.07, 6.45) is 3.99. The van der Waals surface area contributed by atoms with Gasteiger partial charge in [0.2, 0.25) is 0 Å². The van der Waals surface area contributed by atoms with Crippen LogP contribution in [0.2, 0.25) is 25.2 Å². The van der Waals surface area contributed by atoms with Crippen molar-refractivity contribution in [1.82, 2.24) is 0 Å². The molecule has 0 bridgehead atoms. The molecule has 0 fully saturated rings. The fourth-order valence-electron chi connectivity index (χ4n) is 2.03. The first kappa shape index (κ1) is 17.7. The van der Waals surface area contributed by atoms with E-state index < -0.39 is 16.7 Å². The van der Waals surface area contributed by atoms with Crippen LogP contribution in [0.4, 0.5) is 0 Å². The van der Waals surface area contributed by atoms with Crippen LogP contribution in [0.5, 0.6) is 0 Å². The molecule has 0 aliphatic heterocycles. The molecule has 0 spiro atoms. The third-order valence-electron chi connectivity index (χ3n) is 2.95. The maximum absolute atomic E-state index is 5.48. The van der Waals surface area contributed by atoms with Crippen molar-refractivity contribution >= 4 is 28.0 Å². The SMILES string of the molecule is CCCC[SiH](CCCS[SiH](C)C)C(OC)OC. The van der Waals surface area contributed by atoms with E-state index in [-0.39, 0.29) is 5.91 Å². The van der Waals surface area contributed by atoms with Gasteiger partial charge in [0, 0.05) is 14.2 Å². The van der Waals surface area contributed by atoms with Gasteiger partial charge in [0.05, 0.1) is 7.95 Å². The van der Waals surface area contributed by atoms with Gasteiger partial charge in [-0.15, -0.1) is 0 Å². The van der Waals surface area contributed by atoms with Gasteiger partial charge in [-0.2, -0.15) is 11.2 Å². The molecule has 0 heterocycles. The van der Waals surface area contributed by atoms with E-state index in [1.165, 1.54) is 37.1 Å². The van der Waals surface area contributed by atoms with E-state index in [1.807, 2.05) is 0 Å². The Bertz CT molecular complexity index is 167. The molecule has 0 radical (unpaired) electrons. The summed E-state index contributed by atoms with van der Waals surface area (Å²) >= 11 is 2.20. The molecular formula is C12H30O2SSi2. The zero-order valence-corrected chi connectivity index (χ0v) is 15.3. The molecule has 0 aliphatic rings. The first-order valence-corrected chi connectivity index (χ1v) is 13.9. The van der Waals surface area contributed by atoms with E-state index in [9.17, 15) is 0 Å². The Labute approximate surface area is 115 Å².